The van der Waals surface area contributed by atoms with Crippen LogP contribution in [-0.2, 0) is 4.74 Å². The summed E-state index contributed by atoms with van der Waals surface area (Å²) < 4.78 is 6.02. The first kappa shape index (κ1) is 9.19. The molecule has 1 aromatic heterocycles. The molecule has 1 atom stereocenters. The summed E-state index contributed by atoms with van der Waals surface area (Å²) in [7, 11) is 1.65. The Hall–Kier alpha value is 0.100. The van der Waals surface area contributed by atoms with Crippen LogP contribution < -0.4 is 5.73 Å². The highest BCUT2D eigenvalue weighted by atomic mass is 79.9. The molecule has 1 rings (SSSR count). The first-order valence-corrected chi connectivity index (χ1v) is 4.95. The molecule has 0 aromatic carbocycles. The summed E-state index contributed by atoms with van der Waals surface area (Å²) in [5, 5.41) is 4.05. The highest BCUT2D eigenvalue weighted by Crippen LogP contribution is 2.25. The van der Waals surface area contributed by atoms with Crippen LogP contribution in [0, 0.1) is 0 Å². The Morgan fingerprint density at radius 1 is 1.73 bits per heavy atom. The summed E-state index contributed by atoms with van der Waals surface area (Å²) in [5.74, 6) is 0. The molecule has 0 radical (unpaired) electrons. The van der Waals surface area contributed by atoms with Crippen LogP contribution >= 0.6 is 27.3 Å². The van der Waals surface area contributed by atoms with Crippen LogP contribution in [-0.4, -0.2) is 13.7 Å². The molecule has 0 bridgehead atoms. The zero-order chi connectivity index (χ0) is 8.27. The molecular formula is C7H10BrNOS. The van der Waals surface area contributed by atoms with Crippen LogP contribution in [0.5, 0.6) is 0 Å². The van der Waals surface area contributed by atoms with Crippen LogP contribution in [0.1, 0.15) is 11.6 Å². The Morgan fingerprint density at radius 3 is 2.91 bits per heavy atom. The summed E-state index contributed by atoms with van der Waals surface area (Å²) in [6.45, 7) is 0.565. The van der Waals surface area contributed by atoms with Gasteiger partial charge in [0.05, 0.1) is 12.6 Å². The van der Waals surface area contributed by atoms with Gasteiger partial charge >= 0.3 is 0 Å². The molecule has 0 aliphatic rings. The predicted octanol–water partition coefficient (Wildman–Crippen LogP) is 2.16. The molecule has 2 nitrogen and oxygen atoms in total. The Labute approximate surface area is 78.5 Å². The van der Waals surface area contributed by atoms with Gasteiger partial charge in [-0.2, -0.15) is 11.3 Å². The molecule has 0 amide bonds. The minimum absolute atomic E-state index is 0.0133. The number of methoxy groups -OCH3 is 1. The highest BCUT2D eigenvalue weighted by Gasteiger charge is 2.09. The van der Waals surface area contributed by atoms with Crippen molar-refractivity contribution in [2.24, 2.45) is 5.73 Å². The Bertz CT molecular complexity index is 226. The van der Waals surface area contributed by atoms with E-state index in [2.05, 4.69) is 15.9 Å². The molecule has 0 aliphatic carbocycles. The summed E-state index contributed by atoms with van der Waals surface area (Å²) >= 11 is 5.05. The fraction of sp³-hybridized carbons (Fsp3) is 0.429. The van der Waals surface area contributed by atoms with Crippen molar-refractivity contribution in [3.8, 4) is 0 Å². The van der Waals surface area contributed by atoms with Crippen LogP contribution in [0.25, 0.3) is 0 Å². The lowest BCUT2D eigenvalue weighted by atomic mass is 10.2. The summed E-state index contributed by atoms with van der Waals surface area (Å²) in [5.41, 5.74) is 6.92. The van der Waals surface area contributed by atoms with E-state index < -0.39 is 0 Å². The van der Waals surface area contributed by atoms with E-state index in [4.69, 9.17) is 10.5 Å². The van der Waals surface area contributed by atoms with Crippen molar-refractivity contribution >= 4 is 27.3 Å². The average molecular weight is 236 g/mol. The first-order chi connectivity index (χ1) is 5.25. The normalized spacial score (nSPS) is 13.4. The van der Waals surface area contributed by atoms with Crippen LogP contribution in [0.2, 0.25) is 0 Å². The molecule has 1 heterocycles. The second-order valence-corrected chi connectivity index (χ2v) is 3.83. The Morgan fingerprint density at radius 2 is 2.45 bits per heavy atom. The first-order valence-electron chi connectivity index (χ1n) is 3.21. The molecule has 0 saturated carbocycles. The maximum atomic E-state index is 5.80. The van der Waals surface area contributed by atoms with Gasteiger partial charge in [0.15, 0.2) is 0 Å². The summed E-state index contributed by atoms with van der Waals surface area (Å²) in [6.07, 6.45) is 0. The maximum Gasteiger partial charge on any atom is 0.0656 e. The van der Waals surface area contributed by atoms with E-state index >= 15 is 0 Å². The van der Waals surface area contributed by atoms with Crippen molar-refractivity contribution in [2.75, 3.05) is 13.7 Å². The third kappa shape index (κ3) is 2.27. The van der Waals surface area contributed by atoms with Gasteiger partial charge < -0.3 is 10.5 Å². The van der Waals surface area contributed by atoms with Gasteiger partial charge in [0, 0.05) is 17.0 Å². The standard InChI is InChI=1S/C7H10BrNOS/c1-10-2-7(9)5-3-11-4-6(5)8/h3-4,7H,2,9H2,1H3/t7-/m1/s1. The summed E-state index contributed by atoms with van der Waals surface area (Å²) in [4.78, 5) is 0. The molecule has 11 heavy (non-hydrogen) atoms. The molecule has 4 heteroatoms. The van der Waals surface area contributed by atoms with Crippen LogP contribution in [0.4, 0.5) is 0 Å². The molecule has 0 saturated heterocycles. The quantitative estimate of drug-likeness (QED) is 0.872. The van der Waals surface area contributed by atoms with E-state index in [-0.39, 0.29) is 6.04 Å². The highest BCUT2D eigenvalue weighted by molar-refractivity contribution is 9.10. The maximum absolute atomic E-state index is 5.80. The minimum Gasteiger partial charge on any atom is -0.383 e. The number of nitrogens with two attached hydrogens (primary N) is 1. The van der Waals surface area contributed by atoms with E-state index in [0.717, 1.165) is 10.0 Å². The molecular weight excluding hydrogens is 226 g/mol. The Balaban J connectivity index is 2.67. The average Bonchev–Trinajstić information content (AvgIpc) is 2.36. The van der Waals surface area contributed by atoms with E-state index in [1.807, 2.05) is 10.8 Å². The predicted molar refractivity (Wildman–Crippen MR) is 50.8 cm³/mol. The van der Waals surface area contributed by atoms with Gasteiger partial charge in [0.25, 0.3) is 0 Å². The van der Waals surface area contributed by atoms with Crippen molar-refractivity contribution in [2.45, 2.75) is 6.04 Å². The summed E-state index contributed by atoms with van der Waals surface area (Å²) in [6, 6.07) is -0.0133. The Kier molecular flexibility index (Phi) is 3.51. The fourth-order valence-electron chi connectivity index (χ4n) is 0.825. The SMILES string of the molecule is COC[C@@H](N)c1cscc1Br. The number of hydrogen-bond acceptors (Lipinski definition) is 3. The smallest absolute Gasteiger partial charge is 0.0656 e. The number of ether oxygens (including phenoxy) is 1. The lowest BCUT2D eigenvalue weighted by Gasteiger charge is -2.08. The van der Waals surface area contributed by atoms with Crippen molar-refractivity contribution < 1.29 is 4.74 Å². The zero-order valence-electron chi connectivity index (χ0n) is 6.21. The van der Waals surface area contributed by atoms with Gasteiger partial charge in [-0.3, -0.25) is 0 Å². The number of rotatable bonds is 3. The largest absolute Gasteiger partial charge is 0.383 e. The van der Waals surface area contributed by atoms with Gasteiger partial charge in [-0.1, -0.05) is 0 Å². The van der Waals surface area contributed by atoms with E-state index in [0.29, 0.717) is 6.61 Å². The van der Waals surface area contributed by atoms with Crippen molar-refractivity contribution in [3.05, 3.63) is 20.8 Å². The van der Waals surface area contributed by atoms with E-state index in [1.165, 1.54) is 0 Å². The van der Waals surface area contributed by atoms with Gasteiger partial charge in [-0.05, 0) is 26.9 Å². The van der Waals surface area contributed by atoms with Crippen LogP contribution in [0.3, 0.4) is 0 Å². The molecule has 2 N–H and O–H groups in total. The molecule has 0 unspecified atom stereocenters. The monoisotopic (exact) mass is 235 g/mol. The number of thiophene rings is 1. The third-order valence-corrected chi connectivity index (χ3v) is 3.14. The van der Waals surface area contributed by atoms with E-state index in [1.54, 1.807) is 18.4 Å². The topological polar surface area (TPSA) is 35.2 Å². The van der Waals surface area contributed by atoms with Gasteiger partial charge in [0.2, 0.25) is 0 Å². The number of halogens is 1. The molecule has 1 aromatic rings. The molecule has 0 fully saturated rings. The van der Waals surface area contributed by atoms with Crippen molar-refractivity contribution in [3.63, 3.8) is 0 Å². The molecule has 62 valence electrons. The second kappa shape index (κ2) is 4.21. The van der Waals surface area contributed by atoms with Crippen molar-refractivity contribution in [1.82, 2.24) is 0 Å². The van der Waals surface area contributed by atoms with Gasteiger partial charge in [0.1, 0.15) is 0 Å². The molecule has 0 spiro atoms. The zero-order valence-corrected chi connectivity index (χ0v) is 8.61. The van der Waals surface area contributed by atoms with Crippen LogP contribution in [0.15, 0.2) is 15.2 Å². The lowest BCUT2D eigenvalue weighted by Crippen LogP contribution is -2.15. The minimum atomic E-state index is -0.0133. The molecule has 0 aliphatic heterocycles. The third-order valence-electron chi connectivity index (χ3n) is 1.39. The van der Waals surface area contributed by atoms with E-state index in [9.17, 15) is 0 Å². The van der Waals surface area contributed by atoms with Crippen molar-refractivity contribution in [1.29, 1.82) is 0 Å². The number of hydrogen-bond donors (Lipinski definition) is 1. The lowest BCUT2D eigenvalue weighted by molar-refractivity contribution is 0.181. The van der Waals surface area contributed by atoms with Gasteiger partial charge in [-0.15, -0.1) is 0 Å². The second-order valence-electron chi connectivity index (χ2n) is 2.24. The fourth-order valence-corrected chi connectivity index (χ4v) is 2.48. The van der Waals surface area contributed by atoms with Gasteiger partial charge in [-0.25, -0.2) is 0 Å².